The number of carbonyl (C=O) groups excluding carboxylic acids is 1. The van der Waals surface area contributed by atoms with Crippen LogP contribution in [-0.4, -0.2) is 18.8 Å². The third-order valence-corrected chi connectivity index (χ3v) is 2.52. The van der Waals surface area contributed by atoms with Gasteiger partial charge in [0.2, 0.25) is 0 Å². The lowest BCUT2D eigenvalue weighted by molar-refractivity contribution is -0.152. The van der Waals surface area contributed by atoms with E-state index in [0.717, 1.165) is 11.3 Å². The summed E-state index contributed by atoms with van der Waals surface area (Å²) in [5.74, 6) is 0.460. The summed E-state index contributed by atoms with van der Waals surface area (Å²) >= 11 is 0. The van der Waals surface area contributed by atoms with E-state index in [4.69, 9.17) is 9.57 Å². The van der Waals surface area contributed by atoms with Crippen molar-refractivity contribution in [2.45, 2.75) is 27.7 Å². The number of nitrogens with zero attached hydrogens (tertiary/aromatic N) is 1. The number of rotatable bonds is 4. The monoisotopic (exact) mass is 275 g/mol. The molecular formula is C16H21NO3. The molecule has 0 aliphatic carbocycles. The van der Waals surface area contributed by atoms with Crippen LogP contribution in [0.1, 0.15) is 33.3 Å². The predicted molar refractivity (Wildman–Crippen MR) is 80.7 cm³/mol. The van der Waals surface area contributed by atoms with Crippen molar-refractivity contribution in [1.29, 1.82) is 0 Å². The molecule has 0 amide bonds. The summed E-state index contributed by atoms with van der Waals surface area (Å²) in [4.78, 5) is 16.4. The standard InChI is InChI=1S/C16H21NO3/c1-12(17-20-15(18)16(2,3)4)6-7-13-8-10-14(19-5)11-9-13/h6-11H,1-5H3. The summed E-state index contributed by atoms with van der Waals surface area (Å²) in [5.41, 5.74) is 1.09. The van der Waals surface area contributed by atoms with Crippen molar-refractivity contribution in [3.63, 3.8) is 0 Å². The van der Waals surface area contributed by atoms with Gasteiger partial charge in [-0.3, -0.25) is 0 Å². The average Bonchev–Trinajstić information content (AvgIpc) is 2.41. The van der Waals surface area contributed by atoms with Crippen LogP contribution in [-0.2, 0) is 9.63 Å². The van der Waals surface area contributed by atoms with Crippen LogP contribution in [0.5, 0.6) is 5.75 Å². The number of ether oxygens (including phenoxy) is 1. The first-order valence-corrected chi connectivity index (χ1v) is 6.41. The highest BCUT2D eigenvalue weighted by Gasteiger charge is 2.23. The fourth-order valence-corrected chi connectivity index (χ4v) is 1.21. The van der Waals surface area contributed by atoms with Crippen LogP contribution in [0.15, 0.2) is 35.5 Å². The highest BCUT2D eigenvalue weighted by molar-refractivity contribution is 5.96. The lowest BCUT2D eigenvalue weighted by Gasteiger charge is -2.12. The maximum Gasteiger partial charge on any atom is 0.340 e. The van der Waals surface area contributed by atoms with Gasteiger partial charge in [-0.15, -0.1) is 0 Å². The van der Waals surface area contributed by atoms with Crippen molar-refractivity contribution in [2.24, 2.45) is 10.6 Å². The van der Waals surface area contributed by atoms with Crippen LogP contribution in [0.4, 0.5) is 0 Å². The number of carbonyl (C=O) groups is 1. The summed E-state index contributed by atoms with van der Waals surface area (Å²) in [6.45, 7) is 7.13. The Kier molecular flexibility index (Phi) is 5.50. The maximum atomic E-state index is 11.5. The summed E-state index contributed by atoms with van der Waals surface area (Å²) < 4.78 is 5.09. The van der Waals surface area contributed by atoms with Crippen molar-refractivity contribution >= 4 is 17.8 Å². The van der Waals surface area contributed by atoms with Gasteiger partial charge in [-0.05, 0) is 51.5 Å². The van der Waals surface area contributed by atoms with Crippen LogP contribution in [0.2, 0.25) is 0 Å². The van der Waals surface area contributed by atoms with E-state index in [2.05, 4.69) is 5.16 Å². The number of benzene rings is 1. The quantitative estimate of drug-likeness (QED) is 0.478. The number of oxime groups is 1. The zero-order valence-electron chi connectivity index (χ0n) is 12.6. The van der Waals surface area contributed by atoms with E-state index in [1.54, 1.807) is 40.9 Å². The molecule has 4 heteroatoms. The van der Waals surface area contributed by atoms with E-state index < -0.39 is 5.41 Å². The van der Waals surface area contributed by atoms with Gasteiger partial charge in [0.15, 0.2) is 0 Å². The molecule has 1 rings (SSSR count). The fraction of sp³-hybridized carbons (Fsp3) is 0.375. The SMILES string of the molecule is COc1ccc(C=CC(C)=NOC(=O)C(C)(C)C)cc1. The molecule has 0 aliphatic heterocycles. The minimum Gasteiger partial charge on any atom is -0.497 e. The zero-order chi connectivity index (χ0) is 15.2. The molecule has 0 aliphatic rings. The molecule has 1 aromatic carbocycles. The molecular weight excluding hydrogens is 254 g/mol. The van der Waals surface area contributed by atoms with Gasteiger partial charge < -0.3 is 9.57 Å². The van der Waals surface area contributed by atoms with E-state index in [1.807, 2.05) is 30.3 Å². The molecule has 0 saturated carbocycles. The molecule has 0 aromatic heterocycles. The third-order valence-electron chi connectivity index (χ3n) is 2.52. The topological polar surface area (TPSA) is 47.9 Å². The van der Waals surface area contributed by atoms with Crippen molar-refractivity contribution in [3.05, 3.63) is 35.9 Å². The van der Waals surface area contributed by atoms with Crippen molar-refractivity contribution < 1.29 is 14.4 Å². The number of allylic oxidation sites excluding steroid dienone is 1. The molecule has 0 atom stereocenters. The number of hydrogen-bond acceptors (Lipinski definition) is 4. The molecule has 0 fully saturated rings. The van der Waals surface area contributed by atoms with Crippen LogP contribution >= 0.6 is 0 Å². The third kappa shape index (κ3) is 5.26. The van der Waals surface area contributed by atoms with Gasteiger partial charge in [0.05, 0.1) is 18.2 Å². The molecule has 20 heavy (non-hydrogen) atoms. The highest BCUT2D eigenvalue weighted by atomic mass is 16.7. The maximum absolute atomic E-state index is 11.5. The van der Waals surface area contributed by atoms with Gasteiger partial charge in [-0.25, -0.2) is 4.79 Å². The Hall–Kier alpha value is -2.10. The second-order valence-electron chi connectivity index (χ2n) is 5.47. The van der Waals surface area contributed by atoms with Crippen LogP contribution in [0, 0.1) is 5.41 Å². The first-order chi connectivity index (χ1) is 9.32. The molecule has 0 bridgehead atoms. The first kappa shape index (κ1) is 16.0. The lowest BCUT2D eigenvalue weighted by atomic mass is 9.98. The largest absolute Gasteiger partial charge is 0.497 e. The Bertz CT molecular complexity index is 508. The number of methoxy groups -OCH3 is 1. The predicted octanol–water partition coefficient (Wildman–Crippen LogP) is 3.67. The molecule has 4 nitrogen and oxygen atoms in total. The average molecular weight is 275 g/mol. The minimum absolute atomic E-state index is 0.352. The van der Waals surface area contributed by atoms with Gasteiger partial charge in [-0.1, -0.05) is 23.4 Å². The van der Waals surface area contributed by atoms with E-state index in [9.17, 15) is 4.79 Å². The van der Waals surface area contributed by atoms with Crippen LogP contribution in [0.3, 0.4) is 0 Å². The molecule has 1 aromatic rings. The van der Waals surface area contributed by atoms with Crippen molar-refractivity contribution in [2.75, 3.05) is 7.11 Å². The zero-order valence-corrected chi connectivity index (χ0v) is 12.6. The normalized spacial score (nSPS) is 12.6. The molecule has 0 heterocycles. The molecule has 108 valence electrons. The van der Waals surface area contributed by atoms with E-state index in [1.165, 1.54) is 0 Å². The molecule has 0 unspecified atom stereocenters. The Balaban J connectivity index is 2.62. The Morgan fingerprint density at radius 2 is 1.80 bits per heavy atom. The second kappa shape index (κ2) is 6.89. The lowest BCUT2D eigenvalue weighted by Crippen LogP contribution is -2.21. The van der Waals surface area contributed by atoms with Gasteiger partial charge in [0.1, 0.15) is 5.75 Å². The number of hydrogen-bond donors (Lipinski definition) is 0. The summed E-state index contributed by atoms with van der Waals surface area (Å²) in [6, 6.07) is 7.63. The van der Waals surface area contributed by atoms with Gasteiger partial charge in [0, 0.05) is 0 Å². The van der Waals surface area contributed by atoms with Crippen molar-refractivity contribution in [3.8, 4) is 5.75 Å². The minimum atomic E-state index is -0.552. The highest BCUT2D eigenvalue weighted by Crippen LogP contribution is 2.15. The van der Waals surface area contributed by atoms with E-state index >= 15 is 0 Å². The molecule has 0 spiro atoms. The van der Waals surface area contributed by atoms with Gasteiger partial charge >= 0.3 is 5.97 Å². The van der Waals surface area contributed by atoms with E-state index in [-0.39, 0.29) is 5.97 Å². The Morgan fingerprint density at radius 1 is 1.20 bits per heavy atom. The molecule has 0 radical (unpaired) electrons. The first-order valence-electron chi connectivity index (χ1n) is 6.41. The summed E-state index contributed by atoms with van der Waals surface area (Å²) in [5, 5.41) is 3.79. The van der Waals surface area contributed by atoms with Gasteiger partial charge in [-0.2, -0.15) is 0 Å². The van der Waals surface area contributed by atoms with Crippen LogP contribution in [0.25, 0.3) is 6.08 Å². The molecule has 0 saturated heterocycles. The van der Waals surface area contributed by atoms with Crippen LogP contribution < -0.4 is 4.74 Å². The Labute approximate surface area is 120 Å². The van der Waals surface area contributed by atoms with Gasteiger partial charge in [0.25, 0.3) is 0 Å². The summed E-state index contributed by atoms with van der Waals surface area (Å²) in [7, 11) is 1.63. The second-order valence-corrected chi connectivity index (χ2v) is 5.47. The Morgan fingerprint density at radius 3 is 2.30 bits per heavy atom. The smallest absolute Gasteiger partial charge is 0.340 e. The fourth-order valence-electron chi connectivity index (χ4n) is 1.21. The molecule has 0 N–H and O–H groups in total. The van der Waals surface area contributed by atoms with Crippen molar-refractivity contribution in [1.82, 2.24) is 0 Å². The summed E-state index contributed by atoms with van der Waals surface area (Å²) in [6.07, 6.45) is 3.68. The van der Waals surface area contributed by atoms with E-state index in [0.29, 0.717) is 5.71 Å².